The second-order valence-electron chi connectivity index (χ2n) is 7.30. The van der Waals surface area contributed by atoms with E-state index in [1.54, 1.807) is 12.3 Å². The summed E-state index contributed by atoms with van der Waals surface area (Å²) in [6.07, 6.45) is 1.94. The molecule has 0 saturated heterocycles. The Labute approximate surface area is 167 Å². The minimum absolute atomic E-state index is 0.0568. The first-order valence-corrected chi connectivity index (χ1v) is 9.37. The van der Waals surface area contributed by atoms with Crippen LogP contribution in [0.4, 0.5) is 10.2 Å². The second-order valence-corrected chi connectivity index (χ2v) is 7.30. The Kier molecular flexibility index (Phi) is 4.84. The number of aromatic amines is 1. The highest BCUT2D eigenvalue weighted by molar-refractivity contribution is 6.01. The molecule has 3 N–H and O–H groups in total. The first-order chi connectivity index (χ1) is 13.9. The van der Waals surface area contributed by atoms with Crippen molar-refractivity contribution >= 4 is 22.5 Å². The number of rotatable bonds is 5. The second kappa shape index (κ2) is 7.47. The molecule has 4 rings (SSSR count). The first-order valence-electron chi connectivity index (χ1n) is 9.37. The zero-order chi connectivity index (χ0) is 20.5. The van der Waals surface area contributed by atoms with E-state index in [2.05, 4.69) is 15.2 Å². The maximum absolute atomic E-state index is 14.1. The van der Waals surface area contributed by atoms with Crippen LogP contribution in [0.15, 0.2) is 48.7 Å². The number of halogens is 1. The van der Waals surface area contributed by atoms with E-state index in [0.717, 1.165) is 33.2 Å². The summed E-state index contributed by atoms with van der Waals surface area (Å²) in [5.41, 5.74) is 11.6. The molecular formula is C23H21FN4O. The van der Waals surface area contributed by atoms with Crippen LogP contribution in [0.1, 0.15) is 22.4 Å². The standard InChI is InChI=1S/C23H21FN4O/c1-13-8-16(20(24)9-14(13)2)10-18(29)11-17-7-6-15(12-26-17)19-4-3-5-21-22(19)23(25)28-27-21/h3-9,12H,10-11H2,1-2H3,(H3,25,27,28). The third-order valence-electron chi connectivity index (χ3n) is 5.18. The molecular weight excluding hydrogens is 367 g/mol. The van der Waals surface area contributed by atoms with E-state index in [1.807, 2.05) is 44.2 Å². The van der Waals surface area contributed by atoms with Gasteiger partial charge in [-0.3, -0.25) is 14.9 Å². The molecule has 0 atom stereocenters. The summed E-state index contributed by atoms with van der Waals surface area (Å²) in [5, 5.41) is 7.80. The number of nitrogens with one attached hydrogen (secondary N) is 1. The van der Waals surface area contributed by atoms with Gasteiger partial charge in [0, 0.05) is 30.3 Å². The van der Waals surface area contributed by atoms with Gasteiger partial charge in [0.15, 0.2) is 5.82 Å². The number of H-pyrrole nitrogens is 1. The van der Waals surface area contributed by atoms with E-state index < -0.39 is 0 Å². The van der Waals surface area contributed by atoms with Crippen LogP contribution in [0.3, 0.4) is 0 Å². The number of aryl methyl sites for hydroxylation is 2. The van der Waals surface area contributed by atoms with Crippen LogP contribution in [0, 0.1) is 19.7 Å². The van der Waals surface area contributed by atoms with Crippen molar-refractivity contribution in [2.24, 2.45) is 0 Å². The summed E-state index contributed by atoms with van der Waals surface area (Å²) in [7, 11) is 0. The molecule has 0 amide bonds. The topological polar surface area (TPSA) is 84.7 Å². The number of nitrogen functional groups attached to an aromatic ring is 1. The predicted octanol–water partition coefficient (Wildman–Crippen LogP) is 4.32. The van der Waals surface area contributed by atoms with Crippen LogP contribution in [0.2, 0.25) is 0 Å². The molecule has 0 radical (unpaired) electrons. The Hall–Kier alpha value is -3.54. The summed E-state index contributed by atoms with van der Waals surface area (Å²) >= 11 is 0. The minimum Gasteiger partial charge on any atom is -0.382 e. The summed E-state index contributed by atoms with van der Waals surface area (Å²) in [5.74, 6) is 0.0226. The number of fused-ring (bicyclic) bond motifs is 1. The number of nitrogens with two attached hydrogens (primary N) is 1. The van der Waals surface area contributed by atoms with E-state index in [-0.39, 0.29) is 24.4 Å². The van der Waals surface area contributed by atoms with Gasteiger partial charge in [-0.1, -0.05) is 24.3 Å². The Morgan fingerprint density at radius 3 is 2.66 bits per heavy atom. The highest BCUT2D eigenvalue weighted by Crippen LogP contribution is 2.30. The van der Waals surface area contributed by atoms with E-state index in [0.29, 0.717) is 17.1 Å². The summed E-state index contributed by atoms with van der Waals surface area (Å²) < 4.78 is 14.1. The number of carbonyl (C=O) groups excluding carboxylic acids is 1. The molecule has 0 saturated carbocycles. The molecule has 0 fully saturated rings. The van der Waals surface area contributed by atoms with Gasteiger partial charge in [-0.05, 0) is 54.3 Å². The summed E-state index contributed by atoms with van der Waals surface area (Å²) in [6.45, 7) is 3.77. The molecule has 0 bridgehead atoms. The molecule has 0 unspecified atom stereocenters. The number of hydrogen-bond acceptors (Lipinski definition) is 4. The van der Waals surface area contributed by atoms with E-state index in [9.17, 15) is 9.18 Å². The monoisotopic (exact) mass is 388 g/mol. The molecule has 0 aliphatic heterocycles. The average Bonchev–Trinajstić information content (AvgIpc) is 3.08. The molecule has 2 heterocycles. The number of Topliss-reactive ketones (excluding diaryl/α,β-unsaturated/α-hetero) is 1. The van der Waals surface area contributed by atoms with E-state index in [1.165, 1.54) is 6.07 Å². The maximum atomic E-state index is 14.1. The smallest absolute Gasteiger partial charge is 0.153 e. The maximum Gasteiger partial charge on any atom is 0.153 e. The van der Waals surface area contributed by atoms with Gasteiger partial charge in [-0.25, -0.2) is 4.39 Å². The van der Waals surface area contributed by atoms with Crippen molar-refractivity contribution in [3.05, 3.63) is 76.9 Å². The number of hydrogen-bond donors (Lipinski definition) is 2. The van der Waals surface area contributed by atoms with Gasteiger partial charge in [-0.2, -0.15) is 5.10 Å². The number of benzene rings is 2. The summed E-state index contributed by atoms with van der Waals surface area (Å²) in [6, 6.07) is 12.7. The number of pyridine rings is 1. The zero-order valence-corrected chi connectivity index (χ0v) is 16.3. The number of ketones is 1. The van der Waals surface area contributed by atoms with E-state index >= 15 is 0 Å². The predicted molar refractivity (Wildman–Crippen MR) is 112 cm³/mol. The fourth-order valence-corrected chi connectivity index (χ4v) is 3.48. The zero-order valence-electron chi connectivity index (χ0n) is 16.3. The van der Waals surface area contributed by atoms with Crippen molar-refractivity contribution in [3.8, 4) is 11.1 Å². The van der Waals surface area contributed by atoms with Crippen LogP contribution in [0.25, 0.3) is 22.0 Å². The van der Waals surface area contributed by atoms with Crippen LogP contribution in [-0.4, -0.2) is 21.0 Å². The van der Waals surface area contributed by atoms with Crippen molar-refractivity contribution in [2.75, 3.05) is 5.73 Å². The Bertz CT molecular complexity index is 1210. The Morgan fingerprint density at radius 1 is 1.10 bits per heavy atom. The van der Waals surface area contributed by atoms with Gasteiger partial charge in [0.25, 0.3) is 0 Å². The Balaban J connectivity index is 1.52. The van der Waals surface area contributed by atoms with Crippen molar-refractivity contribution in [1.82, 2.24) is 15.2 Å². The first kappa shape index (κ1) is 18.8. The van der Waals surface area contributed by atoms with Gasteiger partial charge in [-0.15, -0.1) is 0 Å². The van der Waals surface area contributed by atoms with Crippen molar-refractivity contribution in [3.63, 3.8) is 0 Å². The molecule has 5 nitrogen and oxygen atoms in total. The molecule has 29 heavy (non-hydrogen) atoms. The minimum atomic E-state index is -0.337. The molecule has 0 spiro atoms. The number of carbonyl (C=O) groups is 1. The normalized spacial score (nSPS) is 11.1. The average molecular weight is 388 g/mol. The number of anilines is 1. The van der Waals surface area contributed by atoms with Crippen molar-refractivity contribution in [1.29, 1.82) is 0 Å². The molecule has 0 aliphatic carbocycles. The molecule has 146 valence electrons. The van der Waals surface area contributed by atoms with Gasteiger partial charge < -0.3 is 5.73 Å². The Morgan fingerprint density at radius 2 is 1.90 bits per heavy atom. The highest BCUT2D eigenvalue weighted by Gasteiger charge is 2.13. The van der Waals surface area contributed by atoms with Crippen LogP contribution in [0.5, 0.6) is 0 Å². The number of nitrogens with zero attached hydrogens (tertiary/aromatic N) is 2. The lowest BCUT2D eigenvalue weighted by atomic mass is 9.99. The molecule has 2 aromatic heterocycles. The molecule has 2 aromatic carbocycles. The van der Waals surface area contributed by atoms with Gasteiger partial charge in [0.05, 0.1) is 10.9 Å². The van der Waals surface area contributed by atoms with Gasteiger partial charge >= 0.3 is 0 Å². The number of aromatic nitrogens is 3. The fraction of sp³-hybridized carbons (Fsp3) is 0.174. The molecule has 6 heteroatoms. The quantitative estimate of drug-likeness (QED) is 0.533. The van der Waals surface area contributed by atoms with Crippen molar-refractivity contribution in [2.45, 2.75) is 26.7 Å². The SMILES string of the molecule is Cc1cc(F)c(CC(=O)Cc2ccc(-c3cccc4[nH]nc(N)c34)cn2)cc1C. The van der Waals surface area contributed by atoms with Crippen molar-refractivity contribution < 1.29 is 9.18 Å². The molecule has 4 aromatic rings. The summed E-state index contributed by atoms with van der Waals surface area (Å²) in [4.78, 5) is 16.9. The third kappa shape index (κ3) is 3.74. The van der Waals surface area contributed by atoms with E-state index in [4.69, 9.17) is 5.73 Å². The van der Waals surface area contributed by atoms with Gasteiger partial charge in [0.1, 0.15) is 11.6 Å². The van der Waals surface area contributed by atoms with Crippen LogP contribution >= 0.6 is 0 Å². The lowest BCUT2D eigenvalue weighted by Gasteiger charge is -2.08. The third-order valence-corrected chi connectivity index (χ3v) is 5.18. The largest absolute Gasteiger partial charge is 0.382 e. The van der Waals surface area contributed by atoms with Gasteiger partial charge in [0.2, 0.25) is 0 Å². The fourth-order valence-electron chi connectivity index (χ4n) is 3.48. The highest BCUT2D eigenvalue weighted by atomic mass is 19.1. The van der Waals surface area contributed by atoms with Crippen LogP contribution in [-0.2, 0) is 17.6 Å². The lowest BCUT2D eigenvalue weighted by molar-refractivity contribution is -0.117. The van der Waals surface area contributed by atoms with Crippen LogP contribution < -0.4 is 5.73 Å². The molecule has 0 aliphatic rings. The lowest BCUT2D eigenvalue weighted by Crippen LogP contribution is -2.09.